The fourth-order valence-corrected chi connectivity index (χ4v) is 0.258. The van der Waals surface area contributed by atoms with Crippen molar-refractivity contribution >= 4 is 32.2 Å². The van der Waals surface area contributed by atoms with E-state index in [1.165, 1.54) is 0 Å². The molecule has 0 heterocycles. The molecule has 10 N–H and O–H groups in total. The zero-order valence-electron chi connectivity index (χ0n) is 9.77. The van der Waals surface area contributed by atoms with Crippen LogP contribution in [0.25, 0.3) is 0 Å². The Morgan fingerprint density at radius 2 is 1.00 bits per heavy atom. The largest absolute Gasteiger partial charge is 1.00 e. The van der Waals surface area contributed by atoms with Crippen molar-refractivity contribution in [3.63, 3.8) is 0 Å². The minimum Gasteiger partial charge on any atom is 1.00 e. The van der Waals surface area contributed by atoms with Crippen LogP contribution in [0.3, 0.4) is 0 Å². The molecule has 0 radical (unpaired) electrons. The number of carbonyl (C=O) groups excluding carboxylic acids is 2. The average Bonchev–Trinajstić information content (AvgIpc) is 2.03. The number of hydrogen-bond acceptors (Lipinski definition) is 6. The van der Waals surface area contributed by atoms with Gasteiger partial charge in [0.2, 0.25) is 0 Å². The predicted octanol–water partition coefficient (Wildman–Crippen LogP) is -12.7. The molecule has 0 aliphatic carbocycles. The van der Waals surface area contributed by atoms with Gasteiger partial charge in [0.1, 0.15) is 12.2 Å². The first-order valence-corrected chi connectivity index (χ1v) is 5.36. The van der Waals surface area contributed by atoms with Crippen LogP contribution < -0.4 is 91.2 Å². The number of halogens is 2. The molecule has 0 aromatic rings. The van der Waals surface area contributed by atoms with E-state index >= 15 is 0 Å². The Morgan fingerprint density at radius 1 is 0.895 bits per heavy atom. The molecule has 2 unspecified atom stereocenters. The molecule has 0 rings (SSSR count). The number of aliphatic hydroxyl groups excluding tert-OH is 2. The summed E-state index contributed by atoms with van der Waals surface area (Å²) in [5.41, 5.74) is 0. The topological polar surface area (TPSA) is 247 Å². The van der Waals surface area contributed by atoms with E-state index in [9.17, 15) is 19.8 Å². The summed E-state index contributed by atoms with van der Waals surface area (Å²) in [7, 11) is 9.47. The molecule has 10 nitrogen and oxygen atoms in total. The second-order valence-corrected chi connectivity index (χ2v) is 3.29. The van der Waals surface area contributed by atoms with Crippen LogP contribution >= 0.6 is 20.3 Å². The Hall–Kier alpha value is 2.42. The molecule has 15 heteroatoms. The molecule has 0 saturated heterocycles. The summed E-state index contributed by atoms with van der Waals surface area (Å²) in [6, 6.07) is 0. The van der Waals surface area contributed by atoms with Gasteiger partial charge in [0.15, 0.2) is 0 Å². The second kappa shape index (κ2) is 32.4. The summed E-state index contributed by atoms with van der Waals surface area (Å²) in [5.74, 6) is -4.12. The normalized spacial score (nSPS) is 9.47. The van der Waals surface area contributed by atoms with E-state index in [-0.39, 0.29) is 103 Å². The third kappa shape index (κ3) is 33.3. The van der Waals surface area contributed by atoms with Gasteiger partial charge in [-0.1, -0.05) is 0 Å². The number of carboxylic acids is 2. The van der Waals surface area contributed by atoms with Crippen LogP contribution in [0.2, 0.25) is 0 Å². The van der Waals surface area contributed by atoms with E-state index < -0.39 is 24.1 Å². The van der Waals surface area contributed by atoms with Crippen LogP contribution in [-0.2, 0) is 22.5 Å². The van der Waals surface area contributed by atoms with E-state index in [1.807, 2.05) is 0 Å². The van der Waals surface area contributed by atoms with Crippen molar-refractivity contribution in [2.75, 3.05) is 0 Å². The minimum atomic E-state index is -2.44. The average molecular weight is 412 g/mol. The number of aliphatic carboxylic acids is 2. The summed E-state index contributed by atoms with van der Waals surface area (Å²) >= 11 is 0.382. The third-order valence-corrected chi connectivity index (χ3v) is 0.782. The molecule has 2 atom stereocenters. The molecule has 0 aromatic heterocycles. The summed E-state index contributed by atoms with van der Waals surface area (Å²) in [5, 5.41) is 35.7. The van der Waals surface area contributed by atoms with Crippen LogP contribution in [0, 0.1) is 0 Å². The Bertz CT molecular complexity index is 173. The summed E-state index contributed by atoms with van der Waals surface area (Å²) < 4.78 is 0. The van der Waals surface area contributed by atoms with Gasteiger partial charge in [-0.05, 0) is 0 Å². The number of hydrogen-bond donors (Lipinski definition) is 2. The molecule has 0 aliphatic rings. The Balaban J connectivity index is -0.0000000206. The van der Waals surface area contributed by atoms with Crippen molar-refractivity contribution in [3.05, 3.63) is 0 Å². The minimum absolute atomic E-state index is 0. The SMILES string of the molecule is O.O.O.O.O=C([O-])C(O)C(O)C(=O)[O-].[Cl][Co][Cl].[K+].[Na+]. The van der Waals surface area contributed by atoms with Gasteiger partial charge < -0.3 is 51.9 Å². The zero-order chi connectivity index (χ0) is 11.0. The standard InChI is InChI=1S/C4H6O6.2ClH.Co.K.Na.4H2O/c5-1(3(7)8)2(6)4(9)10;;;;;;;;;/h1-2,5-6H,(H,7,8)(H,9,10);2*1H;;;;4*1H2/q;;;+2;2*+1;;;;/p-4. The van der Waals surface area contributed by atoms with Crippen molar-refractivity contribution in [1.29, 1.82) is 0 Å². The summed E-state index contributed by atoms with van der Waals surface area (Å²) in [4.78, 5) is 19.3. The van der Waals surface area contributed by atoms with Crippen LogP contribution in [0.5, 0.6) is 0 Å². The number of carboxylic acid groups (broad SMARTS) is 2. The van der Waals surface area contributed by atoms with Gasteiger partial charge in [0, 0.05) is 0 Å². The fourth-order valence-electron chi connectivity index (χ4n) is 0.258. The Morgan fingerprint density at radius 3 is 1.05 bits per heavy atom. The van der Waals surface area contributed by atoms with E-state index in [4.69, 9.17) is 30.5 Å². The van der Waals surface area contributed by atoms with Crippen molar-refractivity contribution in [1.82, 2.24) is 0 Å². The molecule has 0 amide bonds. The van der Waals surface area contributed by atoms with E-state index in [1.54, 1.807) is 0 Å². The van der Waals surface area contributed by atoms with Crippen molar-refractivity contribution < 1.29 is 146 Å². The van der Waals surface area contributed by atoms with Crippen LogP contribution in [0.4, 0.5) is 0 Å². The maximum atomic E-state index is 9.63. The number of carbonyl (C=O) groups is 2. The molecule has 19 heavy (non-hydrogen) atoms. The molecule has 0 bridgehead atoms. The van der Waals surface area contributed by atoms with Gasteiger partial charge in [-0.3, -0.25) is 0 Å². The molecule has 0 spiro atoms. The van der Waals surface area contributed by atoms with Gasteiger partial charge in [0.05, 0.1) is 11.9 Å². The molecular formula is C4H12Cl2CoKNaO10. The molecule has 0 aliphatic heterocycles. The molecule has 0 aromatic carbocycles. The van der Waals surface area contributed by atoms with Crippen LogP contribution in [-0.4, -0.2) is 56.3 Å². The van der Waals surface area contributed by atoms with Gasteiger partial charge in [-0.25, -0.2) is 0 Å². The predicted molar refractivity (Wildman–Crippen MR) is 48.2 cm³/mol. The van der Waals surface area contributed by atoms with Crippen molar-refractivity contribution in [2.45, 2.75) is 12.2 Å². The van der Waals surface area contributed by atoms with Gasteiger partial charge in [-0.2, -0.15) is 0 Å². The van der Waals surface area contributed by atoms with Crippen LogP contribution in [0.15, 0.2) is 0 Å². The van der Waals surface area contributed by atoms with E-state index in [2.05, 4.69) is 0 Å². The van der Waals surface area contributed by atoms with Crippen LogP contribution in [0.1, 0.15) is 0 Å². The third-order valence-electron chi connectivity index (χ3n) is 0.782. The fraction of sp³-hybridized carbons (Fsp3) is 0.500. The maximum absolute atomic E-state index is 9.63. The van der Waals surface area contributed by atoms with Gasteiger partial charge >= 0.3 is 114 Å². The van der Waals surface area contributed by atoms with Crippen molar-refractivity contribution in [3.8, 4) is 0 Å². The number of aliphatic hydroxyl groups is 2. The second-order valence-electron chi connectivity index (χ2n) is 1.58. The molecule has 113 valence electrons. The molecule has 0 saturated carbocycles. The summed E-state index contributed by atoms with van der Waals surface area (Å²) in [6.07, 6.45) is -4.88. The first kappa shape index (κ1) is 49.6. The quantitative estimate of drug-likeness (QED) is 0.426. The Kier molecular flexibility index (Phi) is 84.5. The molecular weight excluding hydrogens is 400 g/mol. The maximum Gasteiger partial charge on any atom is 1.00 e. The van der Waals surface area contributed by atoms with Crippen molar-refractivity contribution in [2.24, 2.45) is 0 Å². The van der Waals surface area contributed by atoms with Gasteiger partial charge in [-0.15, -0.1) is 0 Å². The monoisotopic (exact) mass is 411 g/mol. The van der Waals surface area contributed by atoms with Gasteiger partial charge in [0.25, 0.3) is 0 Å². The Labute approximate surface area is 187 Å². The smallest absolute Gasteiger partial charge is 1.00 e. The van der Waals surface area contributed by atoms with E-state index in [0.29, 0.717) is 12.9 Å². The molecule has 0 fully saturated rings. The zero-order valence-corrected chi connectivity index (χ0v) is 17.4. The summed E-state index contributed by atoms with van der Waals surface area (Å²) in [6.45, 7) is 0. The first-order chi connectivity index (χ1) is 5.88. The first-order valence-electron chi connectivity index (χ1n) is 2.50. The van der Waals surface area contributed by atoms with E-state index in [0.717, 1.165) is 0 Å². The number of rotatable bonds is 3.